The van der Waals surface area contributed by atoms with Crippen LogP contribution in [0.1, 0.15) is 24.8 Å². The first-order valence-corrected chi connectivity index (χ1v) is 8.93. The molecule has 1 N–H and O–H groups in total. The van der Waals surface area contributed by atoms with Gasteiger partial charge < -0.3 is 4.74 Å². The number of nitrogens with one attached hydrogen (secondary N) is 1. The molecule has 116 valence electrons. The molecule has 0 unspecified atom stereocenters. The summed E-state index contributed by atoms with van der Waals surface area (Å²) in [4.78, 5) is 0. The maximum absolute atomic E-state index is 13.8. The molecule has 21 heavy (non-hydrogen) atoms. The van der Waals surface area contributed by atoms with Crippen LogP contribution in [0.4, 0.5) is 4.39 Å². The Kier molecular flexibility index (Phi) is 4.28. The lowest BCUT2D eigenvalue weighted by Crippen LogP contribution is -2.45. The first-order valence-electron chi connectivity index (χ1n) is 7.38. The van der Waals surface area contributed by atoms with Crippen molar-refractivity contribution in [2.24, 2.45) is 5.92 Å². The highest BCUT2D eigenvalue weighted by Crippen LogP contribution is 2.28. The van der Waals surface area contributed by atoms with Crippen LogP contribution in [0.3, 0.4) is 0 Å². The Morgan fingerprint density at radius 1 is 1.24 bits per heavy atom. The average molecular weight is 313 g/mol. The third-order valence-corrected chi connectivity index (χ3v) is 6.23. The van der Waals surface area contributed by atoms with E-state index in [4.69, 9.17) is 4.74 Å². The molecule has 1 aliphatic carbocycles. The quantitative estimate of drug-likeness (QED) is 0.902. The zero-order valence-corrected chi connectivity index (χ0v) is 12.6. The molecule has 4 nitrogen and oxygen atoms in total. The van der Waals surface area contributed by atoms with Crippen LogP contribution in [0.5, 0.6) is 0 Å². The van der Waals surface area contributed by atoms with Gasteiger partial charge in [0, 0.05) is 18.6 Å². The molecule has 2 fully saturated rings. The second-order valence-electron chi connectivity index (χ2n) is 5.89. The highest BCUT2D eigenvalue weighted by molar-refractivity contribution is 7.90. The third-order valence-electron chi connectivity index (χ3n) is 4.15. The highest BCUT2D eigenvalue weighted by atomic mass is 32.2. The van der Waals surface area contributed by atoms with Crippen LogP contribution in [0.15, 0.2) is 24.3 Å². The van der Waals surface area contributed by atoms with Crippen LogP contribution in [-0.2, 0) is 21.2 Å². The molecule has 1 saturated carbocycles. The van der Waals surface area contributed by atoms with Crippen molar-refractivity contribution in [3.63, 3.8) is 0 Å². The van der Waals surface area contributed by atoms with Gasteiger partial charge in [-0.05, 0) is 37.3 Å². The van der Waals surface area contributed by atoms with Crippen molar-refractivity contribution in [2.45, 2.75) is 37.0 Å². The fourth-order valence-corrected chi connectivity index (χ4v) is 4.81. The molecule has 6 heteroatoms. The summed E-state index contributed by atoms with van der Waals surface area (Å²) in [5.74, 6) is -0.485. The number of benzene rings is 1. The Morgan fingerprint density at radius 2 is 2.00 bits per heavy atom. The predicted molar refractivity (Wildman–Crippen MR) is 77.9 cm³/mol. The minimum atomic E-state index is -3.35. The summed E-state index contributed by atoms with van der Waals surface area (Å²) in [5, 5.41) is -0.494. The summed E-state index contributed by atoms with van der Waals surface area (Å²) in [6, 6.07) is 6.63. The van der Waals surface area contributed by atoms with Gasteiger partial charge in [-0.25, -0.2) is 17.5 Å². The maximum atomic E-state index is 13.8. The monoisotopic (exact) mass is 313 g/mol. The average Bonchev–Trinajstić information content (AvgIpc) is 3.25. The van der Waals surface area contributed by atoms with Gasteiger partial charge in [0.2, 0.25) is 10.0 Å². The van der Waals surface area contributed by atoms with Gasteiger partial charge in [0.1, 0.15) is 5.82 Å². The Bertz CT molecular complexity index is 601. The van der Waals surface area contributed by atoms with E-state index < -0.39 is 15.3 Å². The molecule has 1 aromatic carbocycles. The largest absolute Gasteiger partial charge is 0.381 e. The Balaban J connectivity index is 1.76. The first-order chi connectivity index (χ1) is 10.1. The lowest BCUT2D eigenvalue weighted by molar-refractivity contribution is 0.0567. The zero-order valence-electron chi connectivity index (χ0n) is 11.8. The van der Waals surface area contributed by atoms with E-state index in [9.17, 15) is 12.8 Å². The molecule has 1 heterocycles. The molecule has 2 aliphatic rings. The molecule has 0 spiro atoms. The van der Waals surface area contributed by atoms with E-state index in [-0.39, 0.29) is 17.8 Å². The van der Waals surface area contributed by atoms with Crippen molar-refractivity contribution in [3.05, 3.63) is 35.6 Å². The molecular weight excluding hydrogens is 293 g/mol. The summed E-state index contributed by atoms with van der Waals surface area (Å²) < 4.78 is 46.9. The van der Waals surface area contributed by atoms with Gasteiger partial charge in [0.25, 0.3) is 0 Å². The van der Waals surface area contributed by atoms with Crippen LogP contribution in [-0.4, -0.2) is 32.9 Å². The number of ether oxygens (including phenoxy) is 1. The fraction of sp³-hybridized carbons (Fsp3) is 0.600. The summed E-state index contributed by atoms with van der Waals surface area (Å²) in [6.07, 6.45) is 2.70. The molecule has 0 bridgehead atoms. The van der Waals surface area contributed by atoms with Crippen molar-refractivity contribution < 1.29 is 17.5 Å². The summed E-state index contributed by atoms with van der Waals surface area (Å²) in [7, 11) is -3.35. The minimum absolute atomic E-state index is 0.104. The summed E-state index contributed by atoms with van der Waals surface area (Å²) >= 11 is 0. The summed E-state index contributed by atoms with van der Waals surface area (Å²) in [6.45, 7) is 0.814. The van der Waals surface area contributed by atoms with Crippen LogP contribution in [0.25, 0.3) is 0 Å². The van der Waals surface area contributed by atoms with E-state index in [1.807, 2.05) is 0 Å². The Hall–Kier alpha value is -0.980. The van der Waals surface area contributed by atoms with Gasteiger partial charge in [-0.3, -0.25) is 0 Å². The fourth-order valence-electron chi connectivity index (χ4n) is 2.84. The van der Waals surface area contributed by atoms with Crippen molar-refractivity contribution in [1.82, 2.24) is 4.72 Å². The van der Waals surface area contributed by atoms with E-state index in [1.54, 1.807) is 18.2 Å². The minimum Gasteiger partial charge on any atom is -0.381 e. The standard InChI is InChI=1S/C15H20FNO3S/c16-14-4-2-1-3-11(14)9-12-10-20-8-7-15(12)21(18,19)17-13-5-6-13/h1-4,12-13,15,17H,5-10H2/t12-,15+/m0/s1. The van der Waals surface area contributed by atoms with E-state index in [2.05, 4.69) is 4.72 Å². The number of halogens is 1. The smallest absolute Gasteiger partial charge is 0.215 e. The van der Waals surface area contributed by atoms with Crippen molar-refractivity contribution >= 4 is 10.0 Å². The number of rotatable bonds is 5. The van der Waals surface area contributed by atoms with Crippen molar-refractivity contribution in [3.8, 4) is 0 Å². The number of hydrogen-bond acceptors (Lipinski definition) is 3. The predicted octanol–water partition coefficient (Wildman–Crippen LogP) is 1.86. The van der Waals surface area contributed by atoms with Gasteiger partial charge >= 0.3 is 0 Å². The zero-order chi connectivity index (χ0) is 14.9. The first kappa shape index (κ1) is 14.9. The topological polar surface area (TPSA) is 55.4 Å². The van der Waals surface area contributed by atoms with Gasteiger partial charge in [-0.2, -0.15) is 0 Å². The third kappa shape index (κ3) is 3.62. The molecule has 3 rings (SSSR count). The molecule has 1 aliphatic heterocycles. The normalized spacial score (nSPS) is 26.7. The van der Waals surface area contributed by atoms with Gasteiger partial charge in [0.05, 0.1) is 11.9 Å². The van der Waals surface area contributed by atoms with E-state index in [0.29, 0.717) is 31.6 Å². The molecule has 0 radical (unpaired) electrons. The van der Waals surface area contributed by atoms with Crippen molar-refractivity contribution in [1.29, 1.82) is 0 Å². The van der Waals surface area contributed by atoms with Crippen LogP contribution in [0.2, 0.25) is 0 Å². The lowest BCUT2D eigenvalue weighted by atomic mass is 9.93. The SMILES string of the molecule is O=S(=O)(NC1CC1)[C@@H]1CCOC[C@@H]1Cc1ccccc1F. The Morgan fingerprint density at radius 3 is 2.71 bits per heavy atom. The molecule has 0 amide bonds. The van der Waals surface area contributed by atoms with Crippen LogP contribution < -0.4 is 4.72 Å². The van der Waals surface area contributed by atoms with Gasteiger partial charge in [0.15, 0.2) is 0 Å². The van der Waals surface area contributed by atoms with E-state index in [1.165, 1.54) is 6.07 Å². The number of hydrogen-bond donors (Lipinski definition) is 1. The van der Waals surface area contributed by atoms with Gasteiger partial charge in [-0.1, -0.05) is 18.2 Å². The van der Waals surface area contributed by atoms with Crippen LogP contribution in [0, 0.1) is 11.7 Å². The van der Waals surface area contributed by atoms with Gasteiger partial charge in [-0.15, -0.1) is 0 Å². The lowest BCUT2D eigenvalue weighted by Gasteiger charge is -2.31. The van der Waals surface area contributed by atoms with E-state index >= 15 is 0 Å². The molecular formula is C15H20FNO3S. The Labute approximate surface area is 124 Å². The summed E-state index contributed by atoms with van der Waals surface area (Å²) in [5.41, 5.74) is 0.555. The second-order valence-corrected chi connectivity index (χ2v) is 7.83. The van der Waals surface area contributed by atoms with E-state index in [0.717, 1.165) is 12.8 Å². The van der Waals surface area contributed by atoms with Crippen molar-refractivity contribution in [2.75, 3.05) is 13.2 Å². The second kappa shape index (κ2) is 6.02. The van der Waals surface area contributed by atoms with Crippen LogP contribution >= 0.6 is 0 Å². The molecule has 1 aromatic rings. The maximum Gasteiger partial charge on any atom is 0.215 e. The molecule has 0 aromatic heterocycles. The molecule has 2 atom stereocenters. The molecule has 1 saturated heterocycles. The highest BCUT2D eigenvalue weighted by Gasteiger charge is 2.39. The number of sulfonamides is 1.